The second kappa shape index (κ2) is 5.62. The van der Waals surface area contributed by atoms with Crippen molar-refractivity contribution in [1.82, 2.24) is 0 Å². The molecule has 1 heterocycles. The Morgan fingerprint density at radius 1 is 1.45 bits per heavy atom. The number of nitrogens with two attached hydrogens (primary N) is 1. The van der Waals surface area contributed by atoms with Crippen LogP contribution in [-0.4, -0.2) is 23.7 Å². The van der Waals surface area contributed by atoms with E-state index in [0.29, 0.717) is 12.3 Å². The first-order valence-corrected chi connectivity index (χ1v) is 7.68. The maximum atomic E-state index is 13.5. The molecule has 0 radical (unpaired) electrons. The van der Waals surface area contributed by atoms with Crippen molar-refractivity contribution in [2.75, 3.05) is 16.8 Å². The fourth-order valence-electron chi connectivity index (χ4n) is 1.57. The Bertz CT molecular complexity index is 535. The monoisotopic (exact) mass is 404 g/mol. The Balaban J connectivity index is 2.11. The first-order chi connectivity index (χ1) is 9.27. The Labute approximate surface area is 123 Å². The molecule has 20 heavy (non-hydrogen) atoms. The second-order valence-corrected chi connectivity index (χ2v) is 7.39. The molecule has 0 aromatic heterocycles. The molecule has 1 aromatic rings. The van der Waals surface area contributed by atoms with Gasteiger partial charge in [0, 0.05) is 0 Å². The molecule has 2 N–H and O–H groups in total. The fraction of sp³-hybridized carbons (Fsp3) is 0.364. The second-order valence-electron chi connectivity index (χ2n) is 3.95. The first-order valence-electron chi connectivity index (χ1n) is 5.47. The normalized spacial score (nSPS) is 18.9. The number of benzene rings is 1. The summed E-state index contributed by atoms with van der Waals surface area (Å²) < 4.78 is 57.4. The van der Waals surface area contributed by atoms with E-state index in [0.717, 1.165) is 12.1 Å². The molecule has 0 fully saturated rings. The number of rotatable bonds is 3. The van der Waals surface area contributed by atoms with Gasteiger partial charge in [-0.05, 0) is 0 Å². The van der Waals surface area contributed by atoms with Crippen LogP contribution in [-0.2, 0) is 10.9 Å². The van der Waals surface area contributed by atoms with Gasteiger partial charge in [-0.2, -0.15) is 0 Å². The van der Waals surface area contributed by atoms with Crippen molar-refractivity contribution >= 4 is 11.7 Å². The van der Waals surface area contributed by atoms with E-state index in [1.807, 2.05) is 0 Å². The van der Waals surface area contributed by atoms with Crippen molar-refractivity contribution in [3.63, 3.8) is 0 Å². The van der Waals surface area contributed by atoms with Crippen molar-refractivity contribution in [2.24, 2.45) is 10.7 Å². The summed E-state index contributed by atoms with van der Waals surface area (Å²) in [6, 6.07) is 2.98. The average molecular weight is 404 g/mol. The predicted octanol–water partition coefficient (Wildman–Crippen LogP) is -1.04. The maximum absolute atomic E-state index is 13.5. The molecule has 0 saturated carbocycles. The van der Waals surface area contributed by atoms with Gasteiger partial charge >= 0.3 is 123 Å². The first kappa shape index (κ1) is 15.1. The van der Waals surface area contributed by atoms with Crippen LogP contribution in [0.15, 0.2) is 23.2 Å². The molecule has 0 unspecified atom stereocenters. The third kappa shape index (κ3) is 3.44. The van der Waals surface area contributed by atoms with Crippen molar-refractivity contribution in [3.05, 3.63) is 29.6 Å². The number of nitrogens with zero attached hydrogens (tertiary/aromatic N) is 2. The Morgan fingerprint density at radius 2 is 2.15 bits per heavy atom. The van der Waals surface area contributed by atoms with Crippen LogP contribution in [0.2, 0.25) is 0 Å². The van der Waals surface area contributed by atoms with Crippen LogP contribution in [0.5, 0.6) is 0 Å². The molecule has 0 amide bonds. The number of alkyl halides is 4. The summed E-state index contributed by atoms with van der Waals surface area (Å²) in [6.45, 7) is 0.354. The zero-order valence-corrected chi connectivity index (χ0v) is 12.4. The van der Waals surface area contributed by atoms with E-state index in [1.54, 1.807) is 10.2 Å². The number of hydrogen-bond acceptors (Lipinski definition) is 4. The van der Waals surface area contributed by atoms with E-state index >= 15 is 0 Å². The van der Waals surface area contributed by atoms with Gasteiger partial charge in [0.05, 0.1) is 0 Å². The molecule has 1 aliphatic rings. The topological polar surface area (TPSA) is 50.9 Å². The van der Waals surface area contributed by atoms with Crippen LogP contribution in [0.25, 0.3) is 0 Å². The van der Waals surface area contributed by atoms with Crippen molar-refractivity contribution in [1.29, 1.82) is 0 Å². The summed E-state index contributed by atoms with van der Waals surface area (Å²) in [6.07, 6.45) is -4.69. The molecular formula is C11H11F4IN3O-. The van der Waals surface area contributed by atoms with E-state index in [4.69, 9.17) is 10.5 Å². The molecule has 9 heteroatoms. The third-order valence-electron chi connectivity index (χ3n) is 2.51. The van der Waals surface area contributed by atoms with Crippen molar-refractivity contribution < 1.29 is 43.8 Å². The van der Waals surface area contributed by atoms with E-state index in [-0.39, 0.29) is 10.1 Å². The molecule has 0 spiro atoms. The SMILES string of the molecule is CN([I-][C@H]1COC(N)=N1)c1ccc(C(F)(F)F)c(F)c1. The van der Waals surface area contributed by atoms with Gasteiger partial charge < -0.3 is 0 Å². The van der Waals surface area contributed by atoms with Crippen molar-refractivity contribution in [3.8, 4) is 0 Å². The summed E-state index contributed by atoms with van der Waals surface area (Å²) >= 11 is -0.706. The Morgan fingerprint density at radius 3 is 2.65 bits per heavy atom. The molecule has 1 atom stereocenters. The molecule has 0 saturated heterocycles. The minimum absolute atomic E-state index is 0.107. The van der Waals surface area contributed by atoms with E-state index in [2.05, 4.69) is 4.99 Å². The van der Waals surface area contributed by atoms with Crippen LogP contribution in [0.1, 0.15) is 5.56 Å². The summed E-state index contributed by atoms with van der Waals surface area (Å²) in [7, 11) is 1.68. The number of anilines is 1. The number of aliphatic imine (C=N–C) groups is 1. The summed E-state index contributed by atoms with van der Waals surface area (Å²) in [5.41, 5.74) is 4.49. The van der Waals surface area contributed by atoms with Crippen LogP contribution < -0.4 is 30.3 Å². The number of hydrogen-bond donors (Lipinski definition) is 1. The van der Waals surface area contributed by atoms with E-state index < -0.39 is 39.0 Å². The molecule has 1 aliphatic heterocycles. The summed E-state index contributed by atoms with van der Waals surface area (Å²) in [4.78, 5) is 4.04. The number of amidine groups is 1. The average Bonchev–Trinajstić information content (AvgIpc) is 2.73. The quantitative estimate of drug-likeness (QED) is 0.230. The minimum atomic E-state index is -4.69. The molecule has 0 aliphatic carbocycles. The van der Waals surface area contributed by atoms with E-state index in [9.17, 15) is 17.6 Å². The van der Waals surface area contributed by atoms with E-state index in [1.165, 1.54) is 6.07 Å². The fourth-order valence-corrected chi connectivity index (χ4v) is 3.89. The molecule has 1 aromatic carbocycles. The van der Waals surface area contributed by atoms with Gasteiger partial charge in [0.25, 0.3) is 0 Å². The van der Waals surface area contributed by atoms with Gasteiger partial charge in [-0.25, -0.2) is 0 Å². The van der Waals surface area contributed by atoms with Gasteiger partial charge in [-0.1, -0.05) is 0 Å². The molecular weight excluding hydrogens is 393 g/mol. The van der Waals surface area contributed by atoms with Crippen LogP contribution in [0.3, 0.4) is 0 Å². The molecule has 112 valence electrons. The Hall–Kier alpha value is -1.26. The molecule has 4 nitrogen and oxygen atoms in total. The van der Waals surface area contributed by atoms with Gasteiger partial charge in [0.1, 0.15) is 0 Å². The van der Waals surface area contributed by atoms with Crippen LogP contribution in [0.4, 0.5) is 23.2 Å². The summed E-state index contributed by atoms with van der Waals surface area (Å²) in [5.74, 6) is -1.28. The van der Waals surface area contributed by atoms with Gasteiger partial charge in [0.15, 0.2) is 0 Å². The van der Waals surface area contributed by atoms with Gasteiger partial charge in [-0.15, -0.1) is 0 Å². The number of halogens is 5. The van der Waals surface area contributed by atoms with Crippen LogP contribution >= 0.6 is 0 Å². The molecule has 2 rings (SSSR count). The van der Waals surface area contributed by atoms with Crippen LogP contribution in [0, 0.1) is 5.82 Å². The van der Waals surface area contributed by atoms with Gasteiger partial charge in [0.2, 0.25) is 0 Å². The Kier molecular flexibility index (Phi) is 4.25. The predicted molar refractivity (Wildman–Crippen MR) is 61.2 cm³/mol. The zero-order valence-electron chi connectivity index (χ0n) is 10.3. The standard InChI is InChI=1S/C11H11F4IN3O/c1-19(16-9-5-20-10(17)18-9)6-2-3-7(8(12)4-6)11(13,14)15/h2-4,9H,5H2,1H3,(H2,17,18)/q-1/t9-/m1/s1. The van der Waals surface area contributed by atoms with Crippen molar-refractivity contribution in [2.45, 2.75) is 10.2 Å². The summed E-state index contributed by atoms with van der Waals surface area (Å²) in [5, 5.41) is 0. The number of ether oxygens (including phenoxy) is 1. The van der Waals surface area contributed by atoms with Gasteiger partial charge in [-0.3, -0.25) is 0 Å². The molecule has 0 bridgehead atoms. The third-order valence-corrected chi connectivity index (χ3v) is 5.18. The zero-order chi connectivity index (χ0) is 14.9.